The highest BCUT2D eigenvalue weighted by Crippen LogP contribution is 2.14. The maximum Gasteiger partial charge on any atom is 0.220 e. The molecule has 0 spiro atoms. The van der Waals surface area contributed by atoms with Gasteiger partial charge in [0.2, 0.25) is 5.91 Å². The summed E-state index contributed by atoms with van der Waals surface area (Å²) in [7, 11) is 1.69. The van der Waals surface area contributed by atoms with Crippen LogP contribution >= 0.6 is 12.4 Å². The number of nitrogens with one attached hydrogen (secondary N) is 2. The molecule has 0 aliphatic carbocycles. The fraction of sp³-hybridized carbons (Fsp3) is 0.632. The molecule has 1 aliphatic heterocycles. The molecule has 5 heteroatoms. The molecule has 1 aromatic carbocycles. The van der Waals surface area contributed by atoms with Crippen LogP contribution in [0.3, 0.4) is 0 Å². The normalized spacial score (nSPS) is 17.0. The summed E-state index contributed by atoms with van der Waals surface area (Å²) in [5.74, 6) is 1.72. The van der Waals surface area contributed by atoms with Gasteiger partial charge < -0.3 is 15.4 Å². The molecule has 1 aliphatic rings. The molecule has 1 heterocycles. The Labute approximate surface area is 152 Å². The summed E-state index contributed by atoms with van der Waals surface area (Å²) in [6, 6.07) is 8.24. The van der Waals surface area contributed by atoms with Crippen LogP contribution < -0.4 is 15.4 Å². The minimum absolute atomic E-state index is 0. The summed E-state index contributed by atoms with van der Waals surface area (Å²) >= 11 is 0. The third kappa shape index (κ3) is 8.02. The number of hydrogen-bond acceptors (Lipinski definition) is 3. The van der Waals surface area contributed by atoms with Crippen molar-refractivity contribution in [3.8, 4) is 5.75 Å². The van der Waals surface area contributed by atoms with Crippen molar-refractivity contribution in [3.05, 3.63) is 29.8 Å². The zero-order valence-corrected chi connectivity index (χ0v) is 15.5. The minimum atomic E-state index is 0. The maximum atomic E-state index is 11.8. The summed E-state index contributed by atoms with van der Waals surface area (Å²) < 4.78 is 5.16. The highest BCUT2D eigenvalue weighted by Gasteiger charge is 2.13. The predicted octanol–water partition coefficient (Wildman–Crippen LogP) is 3.34. The molecule has 1 amide bonds. The molecule has 4 nitrogen and oxygen atoms in total. The number of piperidine rings is 1. The molecule has 2 N–H and O–H groups in total. The van der Waals surface area contributed by atoms with E-state index in [-0.39, 0.29) is 18.3 Å². The number of methoxy groups -OCH3 is 1. The van der Waals surface area contributed by atoms with E-state index >= 15 is 0 Å². The van der Waals surface area contributed by atoms with Crippen LogP contribution in [-0.4, -0.2) is 32.7 Å². The average molecular weight is 355 g/mol. The first-order chi connectivity index (χ1) is 11.3. The molecular weight excluding hydrogens is 324 g/mol. The third-order valence-electron chi connectivity index (χ3n) is 4.52. The van der Waals surface area contributed by atoms with Crippen LogP contribution in [0.4, 0.5) is 0 Å². The lowest BCUT2D eigenvalue weighted by Crippen LogP contribution is -2.38. The second-order valence-corrected chi connectivity index (χ2v) is 6.43. The zero-order chi connectivity index (χ0) is 16.3. The van der Waals surface area contributed by atoms with E-state index in [0.717, 1.165) is 51.1 Å². The molecule has 0 saturated carbocycles. The summed E-state index contributed by atoms with van der Waals surface area (Å²) in [6.07, 6.45) is 7.39. The monoisotopic (exact) mass is 354 g/mol. The molecule has 24 heavy (non-hydrogen) atoms. The van der Waals surface area contributed by atoms with Gasteiger partial charge in [0.25, 0.3) is 0 Å². The standard InChI is InChI=1S/C19H30N2O2.ClH/c1-23-18-11-9-16(10-12-18)6-3-2-4-8-19(22)21-15-17-7-5-13-20-14-17;/h9-12,17,20H,2-8,13-15H2,1H3,(H,21,22);1H. The van der Waals surface area contributed by atoms with Gasteiger partial charge in [-0.3, -0.25) is 4.79 Å². The minimum Gasteiger partial charge on any atom is -0.497 e. The first kappa shape index (κ1) is 20.8. The summed E-state index contributed by atoms with van der Waals surface area (Å²) in [5.41, 5.74) is 1.33. The maximum absolute atomic E-state index is 11.8. The number of ether oxygens (including phenoxy) is 1. The lowest BCUT2D eigenvalue weighted by atomic mass is 10.00. The van der Waals surface area contributed by atoms with Crippen LogP contribution in [0.15, 0.2) is 24.3 Å². The number of halogens is 1. The number of rotatable bonds is 9. The second kappa shape index (κ2) is 12.2. The lowest BCUT2D eigenvalue weighted by Gasteiger charge is -2.22. The highest BCUT2D eigenvalue weighted by molar-refractivity contribution is 5.85. The molecule has 1 aromatic rings. The first-order valence-corrected chi connectivity index (χ1v) is 8.88. The number of unbranched alkanes of at least 4 members (excludes halogenated alkanes) is 2. The lowest BCUT2D eigenvalue weighted by molar-refractivity contribution is -0.121. The van der Waals surface area contributed by atoms with Crippen LogP contribution in [0.25, 0.3) is 0 Å². The van der Waals surface area contributed by atoms with Gasteiger partial charge in [-0.25, -0.2) is 0 Å². The molecule has 0 bridgehead atoms. The molecule has 1 atom stereocenters. The summed E-state index contributed by atoms with van der Waals surface area (Å²) in [4.78, 5) is 11.8. The van der Waals surface area contributed by atoms with Crippen molar-refractivity contribution in [2.45, 2.75) is 44.9 Å². The smallest absolute Gasteiger partial charge is 0.220 e. The molecule has 0 aromatic heterocycles. The van der Waals surface area contributed by atoms with Crippen molar-refractivity contribution in [3.63, 3.8) is 0 Å². The number of benzene rings is 1. The van der Waals surface area contributed by atoms with Gasteiger partial charge >= 0.3 is 0 Å². The Morgan fingerprint density at radius 2 is 2.04 bits per heavy atom. The number of carbonyl (C=O) groups is 1. The number of carbonyl (C=O) groups excluding carboxylic acids is 1. The van der Waals surface area contributed by atoms with Crippen molar-refractivity contribution in [1.82, 2.24) is 10.6 Å². The Morgan fingerprint density at radius 1 is 1.25 bits per heavy atom. The fourth-order valence-electron chi connectivity index (χ4n) is 3.03. The van der Waals surface area contributed by atoms with Crippen molar-refractivity contribution in [1.29, 1.82) is 0 Å². The van der Waals surface area contributed by atoms with E-state index in [9.17, 15) is 4.79 Å². The average Bonchev–Trinajstić information content (AvgIpc) is 2.61. The zero-order valence-electron chi connectivity index (χ0n) is 14.7. The van der Waals surface area contributed by atoms with Crippen LogP contribution in [-0.2, 0) is 11.2 Å². The van der Waals surface area contributed by atoms with Crippen LogP contribution in [0.5, 0.6) is 5.75 Å². The van der Waals surface area contributed by atoms with E-state index in [1.807, 2.05) is 12.1 Å². The van der Waals surface area contributed by atoms with Crippen molar-refractivity contribution in [2.24, 2.45) is 5.92 Å². The van der Waals surface area contributed by atoms with Gasteiger partial charge in [-0.1, -0.05) is 18.6 Å². The van der Waals surface area contributed by atoms with Gasteiger partial charge in [-0.2, -0.15) is 0 Å². The fourth-order valence-corrected chi connectivity index (χ4v) is 3.03. The third-order valence-corrected chi connectivity index (χ3v) is 4.52. The van der Waals surface area contributed by atoms with Crippen LogP contribution in [0.2, 0.25) is 0 Å². The Morgan fingerprint density at radius 3 is 2.71 bits per heavy atom. The van der Waals surface area contributed by atoms with Crippen LogP contribution in [0, 0.1) is 5.92 Å². The van der Waals surface area contributed by atoms with Gasteiger partial charge in [0, 0.05) is 13.0 Å². The van der Waals surface area contributed by atoms with Gasteiger partial charge in [-0.15, -0.1) is 12.4 Å². The molecule has 0 radical (unpaired) electrons. The van der Waals surface area contributed by atoms with E-state index in [2.05, 4.69) is 22.8 Å². The SMILES string of the molecule is COc1ccc(CCCCCC(=O)NCC2CCCNC2)cc1.Cl. The van der Waals surface area contributed by atoms with E-state index in [4.69, 9.17) is 4.74 Å². The van der Waals surface area contributed by atoms with E-state index in [0.29, 0.717) is 12.3 Å². The van der Waals surface area contributed by atoms with Gasteiger partial charge in [0.1, 0.15) is 5.75 Å². The van der Waals surface area contributed by atoms with Crippen LogP contribution in [0.1, 0.15) is 44.1 Å². The quantitative estimate of drug-likeness (QED) is 0.669. The van der Waals surface area contributed by atoms with Gasteiger partial charge in [0.15, 0.2) is 0 Å². The Hall–Kier alpha value is -1.26. The molecular formula is C19H31ClN2O2. The first-order valence-electron chi connectivity index (χ1n) is 8.88. The Kier molecular flexibility index (Phi) is 10.5. The van der Waals surface area contributed by atoms with E-state index in [1.54, 1.807) is 7.11 Å². The predicted molar refractivity (Wildman–Crippen MR) is 101 cm³/mol. The molecule has 1 fully saturated rings. The largest absolute Gasteiger partial charge is 0.497 e. The number of hydrogen-bond donors (Lipinski definition) is 2. The van der Waals surface area contributed by atoms with Crippen molar-refractivity contribution < 1.29 is 9.53 Å². The summed E-state index contributed by atoms with van der Waals surface area (Å²) in [5, 5.41) is 6.46. The van der Waals surface area contributed by atoms with Crippen molar-refractivity contribution in [2.75, 3.05) is 26.7 Å². The topological polar surface area (TPSA) is 50.4 Å². The van der Waals surface area contributed by atoms with E-state index < -0.39 is 0 Å². The number of amides is 1. The summed E-state index contributed by atoms with van der Waals surface area (Å²) in [6.45, 7) is 3.00. The van der Waals surface area contributed by atoms with E-state index in [1.165, 1.54) is 18.4 Å². The Bertz CT molecular complexity index is 459. The molecule has 2 rings (SSSR count). The second-order valence-electron chi connectivity index (χ2n) is 6.43. The highest BCUT2D eigenvalue weighted by atomic mass is 35.5. The number of aryl methyl sites for hydroxylation is 1. The van der Waals surface area contributed by atoms with Crippen molar-refractivity contribution >= 4 is 18.3 Å². The molecule has 1 saturated heterocycles. The molecule has 1 unspecified atom stereocenters. The Balaban J connectivity index is 0.00000288. The van der Waals surface area contributed by atoms with Gasteiger partial charge in [-0.05, 0) is 68.8 Å². The molecule has 136 valence electrons. The van der Waals surface area contributed by atoms with Gasteiger partial charge in [0.05, 0.1) is 7.11 Å².